The molecule has 0 aromatic carbocycles. The second-order valence-electron chi connectivity index (χ2n) is 8.86. The number of carbonyl (C=O) groups excluding carboxylic acids is 1. The van der Waals surface area contributed by atoms with Gasteiger partial charge in [0.25, 0.3) is 0 Å². The minimum Gasteiger partial charge on any atom is -0.300 e. The molecule has 2 fully saturated rings. The summed E-state index contributed by atoms with van der Waals surface area (Å²) in [6.45, 7) is 2.30. The van der Waals surface area contributed by atoms with Crippen molar-refractivity contribution in [2.45, 2.75) is 122 Å². The molecule has 24 heavy (non-hydrogen) atoms. The number of unbranched alkanes of at least 4 members (excludes halogenated alkanes) is 5. The highest BCUT2D eigenvalue weighted by Gasteiger charge is 2.21. The Bertz CT molecular complexity index is 317. The average Bonchev–Trinajstić information content (AvgIpc) is 2.61. The lowest BCUT2D eigenvalue weighted by atomic mass is 9.77. The molecule has 0 spiro atoms. The van der Waals surface area contributed by atoms with Crippen molar-refractivity contribution >= 4 is 5.78 Å². The first kappa shape index (κ1) is 20.0. The molecule has 2 saturated carbocycles. The summed E-state index contributed by atoms with van der Waals surface area (Å²) in [4.78, 5) is 11.3. The van der Waals surface area contributed by atoms with Crippen LogP contribution in [0.5, 0.6) is 0 Å². The third kappa shape index (κ3) is 8.17. The van der Waals surface area contributed by atoms with E-state index in [4.69, 9.17) is 0 Å². The van der Waals surface area contributed by atoms with Crippen LogP contribution in [0, 0.1) is 17.8 Å². The van der Waals surface area contributed by atoms with Gasteiger partial charge in [-0.2, -0.15) is 0 Å². The van der Waals surface area contributed by atoms with Crippen LogP contribution in [0.15, 0.2) is 0 Å². The predicted molar refractivity (Wildman–Crippen MR) is 104 cm³/mol. The molecule has 2 rings (SSSR count). The van der Waals surface area contributed by atoms with Gasteiger partial charge < -0.3 is 0 Å². The first-order chi connectivity index (χ1) is 11.8. The number of rotatable bonds is 11. The van der Waals surface area contributed by atoms with Crippen molar-refractivity contribution in [2.75, 3.05) is 0 Å². The highest BCUT2D eigenvalue weighted by Crippen LogP contribution is 2.35. The van der Waals surface area contributed by atoms with E-state index in [2.05, 4.69) is 6.92 Å². The molecule has 0 N–H and O–H groups in total. The van der Waals surface area contributed by atoms with Gasteiger partial charge in [0.2, 0.25) is 0 Å². The van der Waals surface area contributed by atoms with Gasteiger partial charge in [-0.05, 0) is 30.6 Å². The molecule has 0 unspecified atom stereocenters. The highest BCUT2D eigenvalue weighted by molar-refractivity contribution is 5.78. The van der Waals surface area contributed by atoms with Gasteiger partial charge in [-0.15, -0.1) is 0 Å². The lowest BCUT2D eigenvalue weighted by Crippen LogP contribution is -2.15. The Morgan fingerprint density at radius 1 is 0.625 bits per heavy atom. The molecule has 0 aliphatic heterocycles. The van der Waals surface area contributed by atoms with E-state index in [1.807, 2.05) is 0 Å². The smallest absolute Gasteiger partial charge is 0.132 e. The largest absolute Gasteiger partial charge is 0.300 e. The van der Waals surface area contributed by atoms with Crippen LogP contribution in [-0.2, 0) is 4.79 Å². The summed E-state index contributed by atoms with van der Waals surface area (Å²) in [6, 6.07) is 0. The van der Waals surface area contributed by atoms with Crippen LogP contribution in [0.4, 0.5) is 0 Å². The molecule has 0 aromatic rings. The third-order valence-corrected chi connectivity index (χ3v) is 6.82. The molecule has 0 saturated heterocycles. The third-order valence-electron chi connectivity index (χ3n) is 6.82. The second kappa shape index (κ2) is 12.1. The molecule has 0 amide bonds. The van der Waals surface area contributed by atoms with Gasteiger partial charge in [-0.3, -0.25) is 4.79 Å². The van der Waals surface area contributed by atoms with Crippen molar-refractivity contribution in [1.29, 1.82) is 0 Å². The van der Waals surface area contributed by atoms with E-state index >= 15 is 0 Å². The molecule has 0 heterocycles. The van der Waals surface area contributed by atoms with Crippen molar-refractivity contribution in [3.05, 3.63) is 0 Å². The molecule has 0 radical (unpaired) electrons. The first-order valence-electron chi connectivity index (χ1n) is 11.3. The monoisotopic (exact) mass is 334 g/mol. The van der Waals surface area contributed by atoms with Gasteiger partial charge in [0.1, 0.15) is 5.78 Å². The van der Waals surface area contributed by atoms with Gasteiger partial charge in [0.05, 0.1) is 0 Å². The minimum atomic E-state index is 0.508. The number of hydrogen-bond donors (Lipinski definition) is 0. The summed E-state index contributed by atoms with van der Waals surface area (Å²) < 4.78 is 0. The standard InChI is InChI=1S/C23H42O/c1-2-3-4-5-6-9-20-12-14-21(15-13-20)10-7-8-11-22-16-18-23(24)19-17-22/h20-22H,2-19H2,1H3/t20-,21-. The fourth-order valence-corrected chi connectivity index (χ4v) is 5.00. The van der Waals surface area contributed by atoms with E-state index < -0.39 is 0 Å². The molecular formula is C23H42O. The van der Waals surface area contributed by atoms with Gasteiger partial charge in [-0.25, -0.2) is 0 Å². The Labute approximate surface area is 151 Å². The summed E-state index contributed by atoms with van der Waals surface area (Å²) in [5.41, 5.74) is 0. The Balaban J connectivity index is 1.43. The van der Waals surface area contributed by atoms with E-state index in [1.165, 1.54) is 103 Å². The molecule has 2 aliphatic rings. The molecule has 0 aromatic heterocycles. The van der Waals surface area contributed by atoms with Gasteiger partial charge in [-0.1, -0.05) is 96.8 Å². The molecule has 1 nitrogen and oxygen atoms in total. The SMILES string of the molecule is CCCCCCC[C@H]1CC[C@H](CCCCC2CCC(=O)CC2)CC1. The lowest BCUT2D eigenvalue weighted by molar-refractivity contribution is -0.121. The van der Waals surface area contributed by atoms with Crippen molar-refractivity contribution in [3.8, 4) is 0 Å². The zero-order valence-corrected chi connectivity index (χ0v) is 16.4. The molecule has 0 atom stereocenters. The van der Waals surface area contributed by atoms with Crippen molar-refractivity contribution < 1.29 is 4.79 Å². The normalized spacial score (nSPS) is 26.0. The zero-order valence-electron chi connectivity index (χ0n) is 16.4. The quantitative estimate of drug-likeness (QED) is 0.358. The van der Waals surface area contributed by atoms with E-state index in [0.717, 1.165) is 30.6 Å². The topological polar surface area (TPSA) is 17.1 Å². The molecular weight excluding hydrogens is 292 g/mol. The van der Waals surface area contributed by atoms with Gasteiger partial charge in [0, 0.05) is 12.8 Å². The fraction of sp³-hybridized carbons (Fsp3) is 0.957. The van der Waals surface area contributed by atoms with Crippen LogP contribution < -0.4 is 0 Å². The summed E-state index contributed by atoms with van der Waals surface area (Å²) in [7, 11) is 0. The van der Waals surface area contributed by atoms with Gasteiger partial charge >= 0.3 is 0 Å². The second-order valence-corrected chi connectivity index (χ2v) is 8.86. The van der Waals surface area contributed by atoms with Crippen LogP contribution in [0.3, 0.4) is 0 Å². The van der Waals surface area contributed by atoms with Crippen molar-refractivity contribution in [1.82, 2.24) is 0 Å². The van der Waals surface area contributed by atoms with E-state index in [-0.39, 0.29) is 0 Å². The van der Waals surface area contributed by atoms with Crippen molar-refractivity contribution in [3.63, 3.8) is 0 Å². The lowest BCUT2D eigenvalue weighted by Gasteiger charge is -2.29. The predicted octanol–water partition coefficient (Wildman–Crippen LogP) is 7.47. The molecule has 0 bridgehead atoms. The maximum Gasteiger partial charge on any atom is 0.132 e. The number of hydrogen-bond acceptors (Lipinski definition) is 1. The summed E-state index contributed by atoms with van der Waals surface area (Å²) in [6.07, 6.45) is 24.6. The van der Waals surface area contributed by atoms with Crippen LogP contribution >= 0.6 is 0 Å². The van der Waals surface area contributed by atoms with E-state index in [9.17, 15) is 4.79 Å². The summed E-state index contributed by atoms with van der Waals surface area (Å²) in [5.74, 6) is 3.47. The first-order valence-corrected chi connectivity index (χ1v) is 11.3. The maximum atomic E-state index is 11.3. The molecule has 2 aliphatic carbocycles. The minimum absolute atomic E-state index is 0.508. The van der Waals surface area contributed by atoms with Gasteiger partial charge in [0.15, 0.2) is 0 Å². The fourth-order valence-electron chi connectivity index (χ4n) is 5.00. The molecule has 140 valence electrons. The Kier molecular flexibility index (Phi) is 10.1. The Morgan fingerprint density at radius 2 is 1.04 bits per heavy atom. The number of Topliss-reactive ketones (excluding diaryl/α,β-unsaturated/α-hetero) is 1. The Morgan fingerprint density at radius 3 is 1.54 bits per heavy atom. The summed E-state index contributed by atoms with van der Waals surface area (Å²) >= 11 is 0. The van der Waals surface area contributed by atoms with Crippen LogP contribution in [0.2, 0.25) is 0 Å². The van der Waals surface area contributed by atoms with Crippen LogP contribution in [0.25, 0.3) is 0 Å². The highest BCUT2D eigenvalue weighted by atomic mass is 16.1. The average molecular weight is 335 g/mol. The Hall–Kier alpha value is -0.330. The van der Waals surface area contributed by atoms with E-state index in [1.54, 1.807) is 0 Å². The number of ketones is 1. The maximum absolute atomic E-state index is 11.3. The summed E-state index contributed by atoms with van der Waals surface area (Å²) in [5, 5.41) is 0. The van der Waals surface area contributed by atoms with Crippen LogP contribution in [-0.4, -0.2) is 5.78 Å². The number of carbonyl (C=O) groups is 1. The zero-order chi connectivity index (χ0) is 17.0. The van der Waals surface area contributed by atoms with E-state index in [0.29, 0.717) is 5.78 Å². The van der Waals surface area contributed by atoms with Crippen molar-refractivity contribution in [2.24, 2.45) is 17.8 Å². The van der Waals surface area contributed by atoms with Crippen LogP contribution in [0.1, 0.15) is 122 Å². The molecule has 1 heteroatoms.